The third-order valence-electron chi connectivity index (χ3n) is 6.13. The van der Waals surface area contributed by atoms with Crippen LogP contribution in [0.3, 0.4) is 0 Å². The molecular formula is C22H28N2O3. The first-order valence-electron chi connectivity index (χ1n) is 9.78. The van der Waals surface area contributed by atoms with Crippen molar-refractivity contribution in [3.63, 3.8) is 0 Å². The first kappa shape index (κ1) is 18.1. The summed E-state index contributed by atoms with van der Waals surface area (Å²) in [6.07, 6.45) is 3.40. The number of hydrogen-bond donors (Lipinski definition) is 0. The van der Waals surface area contributed by atoms with Gasteiger partial charge in [-0.2, -0.15) is 0 Å². The van der Waals surface area contributed by atoms with Gasteiger partial charge in [-0.1, -0.05) is 12.1 Å². The van der Waals surface area contributed by atoms with Gasteiger partial charge < -0.3 is 14.1 Å². The van der Waals surface area contributed by atoms with Crippen LogP contribution < -0.4 is 4.74 Å². The Balaban J connectivity index is 1.33. The van der Waals surface area contributed by atoms with Crippen molar-refractivity contribution in [2.75, 3.05) is 33.3 Å². The van der Waals surface area contributed by atoms with Crippen molar-refractivity contribution >= 4 is 5.91 Å². The smallest absolute Gasteiger partial charge is 0.289 e. The summed E-state index contributed by atoms with van der Waals surface area (Å²) >= 11 is 0. The van der Waals surface area contributed by atoms with Crippen molar-refractivity contribution in [1.29, 1.82) is 0 Å². The summed E-state index contributed by atoms with van der Waals surface area (Å²) in [7, 11) is 1.71. The predicted molar refractivity (Wildman–Crippen MR) is 104 cm³/mol. The summed E-state index contributed by atoms with van der Waals surface area (Å²) < 4.78 is 10.9. The molecule has 2 aliphatic heterocycles. The number of amides is 1. The summed E-state index contributed by atoms with van der Waals surface area (Å²) in [5, 5.41) is 0. The van der Waals surface area contributed by atoms with E-state index in [4.69, 9.17) is 9.15 Å². The number of ether oxygens (including phenoxy) is 1. The van der Waals surface area contributed by atoms with Gasteiger partial charge >= 0.3 is 0 Å². The van der Waals surface area contributed by atoms with E-state index in [0.717, 1.165) is 63.5 Å². The highest BCUT2D eigenvalue weighted by molar-refractivity contribution is 5.91. The number of carbonyl (C=O) groups excluding carboxylic acids is 1. The highest BCUT2D eigenvalue weighted by Gasteiger charge is 2.42. The standard InChI is InChI=1S/C22H28N2O3/c1-17-6-7-20(27-17)21(25)24-13-10-22(16-24)8-11-23(12-9-22)15-18-4-3-5-19(14-18)26-2/h3-7,14H,8-13,15-16H2,1-2H3. The molecule has 4 rings (SSSR count). The summed E-state index contributed by atoms with van der Waals surface area (Å²) in [6.45, 7) is 6.70. The number of piperidine rings is 1. The number of carbonyl (C=O) groups is 1. The third kappa shape index (κ3) is 3.88. The molecule has 1 aromatic carbocycles. The van der Waals surface area contributed by atoms with Crippen LogP contribution in [0.2, 0.25) is 0 Å². The van der Waals surface area contributed by atoms with Crippen molar-refractivity contribution in [1.82, 2.24) is 9.80 Å². The summed E-state index contributed by atoms with van der Waals surface area (Å²) in [5.41, 5.74) is 1.57. The van der Waals surface area contributed by atoms with E-state index in [2.05, 4.69) is 23.1 Å². The molecule has 1 amide bonds. The fourth-order valence-electron chi connectivity index (χ4n) is 4.44. The van der Waals surface area contributed by atoms with E-state index in [1.54, 1.807) is 13.2 Å². The maximum absolute atomic E-state index is 12.7. The normalized spacial score (nSPS) is 19.6. The van der Waals surface area contributed by atoms with Gasteiger partial charge in [-0.25, -0.2) is 0 Å². The Bertz CT molecular complexity index is 805. The molecule has 2 aliphatic rings. The van der Waals surface area contributed by atoms with E-state index >= 15 is 0 Å². The Morgan fingerprint density at radius 1 is 1.15 bits per heavy atom. The molecule has 0 unspecified atom stereocenters. The van der Waals surface area contributed by atoms with Crippen LogP contribution in [0.5, 0.6) is 5.75 Å². The number of likely N-dealkylation sites (tertiary alicyclic amines) is 2. The van der Waals surface area contributed by atoms with Gasteiger partial charge in [0.15, 0.2) is 5.76 Å². The van der Waals surface area contributed by atoms with Gasteiger partial charge in [-0.15, -0.1) is 0 Å². The number of nitrogens with zero attached hydrogens (tertiary/aromatic N) is 2. The van der Waals surface area contributed by atoms with Gasteiger partial charge in [-0.05, 0) is 74.5 Å². The van der Waals surface area contributed by atoms with Gasteiger partial charge in [0.25, 0.3) is 5.91 Å². The van der Waals surface area contributed by atoms with Crippen LogP contribution in [0.4, 0.5) is 0 Å². The van der Waals surface area contributed by atoms with Crippen LogP contribution in [-0.2, 0) is 6.54 Å². The molecule has 1 spiro atoms. The highest BCUT2D eigenvalue weighted by Crippen LogP contribution is 2.41. The van der Waals surface area contributed by atoms with Crippen LogP contribution in [0.15, 0.2) is 40.8 Å². The van der Waals surface area contributed by atoms with Crippen molar-refractivity contribution in [3.05, 3.63) is 53.5 Å². The lowest BCUT2D eigenvalue weighted by atomic mass is 9.77. The quantitative estimate of drug-likeness (QED) is 0.825. The molecule has 144 valence electrons. The van der Waals surface area contributed by atoms with Crippen LogP contribution in [0.1, 0.15) is 41.1 Å². The number of furan rings is 1. The number of methoxy groups -OCH3 is 1. The number of hydrogen-bond acceptors (Lipinski definition) is 4. The fourth-order valence-corrected chi connectivity index (χ4v) is 4.44. The largest absolute Gasteiger partial charge is 0.497 e. The molecular weight excluding hydrogens is 340 g/mol. The van der Waals surface area contributed by atoms with Crippen molar-refractivity contribution < 1.29 is 13.9 Å². The molecule has 0 saturated carbocycles. The number of benzene rings is 1. The first-order chi connectivity index (χ1) is 13.1. The van der Waals surface area contributed by atoms with E-state index in [1.165, 1.54) is 5.56 Å². The van der Waals surface area contributed by atoms with Gasteiger partial charge in [0.2, 0.25) is 0 Å². The molecule has 5 nitrogen and oxygen atoms in total. The molecule has 2 saturated heterocycles. The lowest BCUT2D eigenvalue weighted by Crippen LogP contribution is -2.41. The SMILES string of the molecule is COc1cccc(CN2CCC3(CC2)CCN(C(=O)c2ccc(C)o2)C3)c1. The maximum Gasteiger partial charge on any atom is 0.289 e. The fraction of sp³-hybridized carbons (Fsp3) is 0.500. The third-order valence-corrected chi connectivity index (χ3v) is 6.13. The maximum atomic E-state index is 12.7. The van der Waals surface area contributed by atoms with E-state index in [9.17, 15) is 4.79 Å². The molecule has 3 heterocycles. The lowest BCUT2D eigenvalue weighted by Gasteiger charge is -2.39. The van der Waals surface area contributed by atoms with Crippen LogP contribution in [0.25, 0.3) is 0 Å². The predicted octanol–water partition coefficient (Wildman–Crippen LogP) is 3.72. The van der Waals surface area contributed by atoms with Gasteiger partial charge in [0, 0.05) is 19.6 Å². The molecule has 1 aromatic heterocycles. The molecule has 0 N–H and O–H groups in total. The average molecular weight is 368 g/mol. The Morgan fingerprint density at radius 2 is 1.93 bits per heavy atom. The molecule has 0 atom stereocenters. The van der Waals surface area contributed by atoms with Crippen molar-refractivity contribution in [2.45, 2.75) is 32.7 Å². The topological polar surface area (TPSA) is 45.9 Å². The second-order valence-corrected chi connectivity index (χ2v) is 8.01. The van der Waals surface area contributed by atoms with Crippen molar-refractivity contribution in [2.24, 2.45) is 5.41 Å². The monoisotopic (exact) mass is 368 g/mol. The second kappa shape index (κ2) is 7.39. The summed E-state index contributed by atoms with van der Waals surface area (Å²) in [6, 6.07) is 12.0. The van der Waals surface area contributed by atoms with E-state index < -0.39 is 0 Å². The zero-order chi connectivity index (χ0) is 18.9. The van der Waals surface area contributed by atoms with Crippen LogP contribution >= 0.6 is 0 Å². The Morgan fingerprint density at radius 3 is 2.63 bits per heavy atom. The van der Waals surface area contributed by atoms with Crippen LogP contribution in [-0.4, -0.2) is 49.0 Å². The van der Waals surface area contributed by atoms with E-state index in [1.807, 2.05) is 24.0 Å². The minimum absolute atomic E-state index is 0.0405. The van der Waals surface area contributed by atoms with E-state index in [-0.39, 0.29) is 11.3 Å². The molecule has 2 aromatic rings. The van der Waals surface area contributed by atoms with Gasteiger partial charge in [-0.3, -0.25) is 9.69 Å². The second-order valence-electron chi connectivity index (χ2n) is 8.01. The minimum atomic E-state index is 0.0405. The van der Waals surface area contributed by atoms with E-state index in [0.29, 0.717) is 5.76 Å². The zero-order valence-electron chi connectivity index (χ0n) is 16.2. The zero-order valence-corrected chi connectivity index (χ0v) is 16.2. The first-order valence-corrected chi connectivity index (χ1v) is 9.78. The van der Waals surface area contributed by atoms with Gasteiger partial charge in [0.05, 0.1) is 7.11 Å². The molecule has 0 bridgehead atoms. The van der Waals surface area contributed by atoms with Gasteiger partial charge in [0.1, 0.15) is 11.5 Å². The minimum Gasteiger partial charge on any atom is -0.497 e. The molecule has 0 radical (unpaired) electrons. The van der Waals surface area contributed by atoms with Crippen LogP contribution in [0, 0.1) is 12.3 Å². The summed E-state index contributed by atoms with van der Waals surface area (Å²) in [5.74, 6) is 2.22. The molecule has 5 heteroatoms. The Kier molecular flexibility index (Phi) is 4.96. The lowest BCUT2D eigenvalue weighted by molar-refractivity contribution is 0.0685. The summed E-state index contributed by atoms with van der Waals surface area (Å²) in [4.78, 5) is 17.2. The molecule has 27 heavy (non-hydrogen) atoms. The highest BCUT2D eigenvalue weighted by atomic mass is 16.5. The Labute approximate surface area is 160 Å². The Hall–Kier alpha value is -2.27. The average Bonchev–Trinajstić information content (AvgIpc) is 3.30. The molecule has 0 aliphatic carbocycles. The molecule has 2 fully saturated rings. The number of aryl methyl sites for hydroxylation is 1. The number of rotatable bonds is 4. The van der Waals surface area contributed by atoms with Crippen molar-refractivity contribution in [3.8, 4) is 5.75 Å².